The van der Waals surface area contributed by atoms with E-state index in [9.17, 15) is 51.9 Å². The predicted molar refractivity (Wildman–Crippen MR) is 316 cm³/mol. The van der Waals surface area contributed by atoms with Crippen molar-refractivity contribution >= 4 is 86.8 Å². The zero-order chi connectivity index (χ0) is 59.3. The molecule has 0 atom stereocenters. The van der Waals surface area contributed by atoms with Gasteiger partial charge in [-0.3, -0.25) is 18.2 Å². The zero-order valence-corrected chi connectivity index (χ0v) is 50.5. The lowest BCUT2D eigenvalue weighted by Crippen LogP contribution is -2.09. The van der Waals surface area contributed by atoms with Crippen LogP contribution in [-0.4, -0.2) is 71.8 Å². The molecule has 80 heavy (non-hydrogen) atoms. The lowest BCUT2D eigenvalue weighted by molar-refractivity contribution is 0.479. The molecule has 0 saturated carbocycles. The summed E-state index contributed by atoms with van der Waals surface area (Å²) in [5, 5.41) is 0. The third kappa shape index (κ3) is 9.00. The molecule has 0 aliphatic carbocycles. The Labute approximate surface area is 466 Å². The zero-order valence-electron chi connectivity index (χ0n) is 47.2. The first-order valence-electron chi connectivity index (χ1n) is 25.4. The van der Waals surface area contributed by atoms with Crippen LogP contribution in [0.25, 0.3) is 90.9 Å². The highest BCUT2D eigenvalue weighted by atomic mass is 32.2. The number of hydrogen-bond donors (Lipinski definition) is 6. The van der Waals surface area contributed by atoms with Gasteiger partial charge in [0.2, 0.25) is 0 Å². The highest BCUT2D eigenvalue weighted by Crippen LogP contribution is 2.47. The lowest BCUT2D eigenvalue weighted by Gasteiger charge is -2.21. The van der Waals surface area contributed by atoms with Crippen LogP contribution in [0.1, 0.15) is 112 Å². The molecule has 9 rings (SSSR count). The van der Waals surface area contributed by atoms with Gasteiger partial charge in [-0.25, -0.2) is 9.97 Å². The van der Waals surface area contributed by atoms with Crippen LogP contribution in [0.3, 0.4) is 0 Å². The van der Waals surface area contributed by atoms with Crippen molar-refractivity contribution in [2.24, 2.45) is 0 Å². The van der Waals surface area contributed by atoms with E-state index in [2.05, 4.69) is 9.97 Å². The second kappa shape index (κ2) is 19.4. The van der Waals surface area contributed by atoms with E-state index < -0.39 is 40.5 Å². The first-order valence-corrected chi connectivity index (χ1v) is 31.2. The van der Waals surface area contributed by atoms with Gasteiger partial charge in [-0.05, 0) is 271 Å². The second-order valence-corrected chi connectivity index (χ2v) is 26.7. The van der Waals surface area contributed by atoms with Crippen molar-refractivity contribution < 1.29 is 51.9 Å². The number of rotatable bonds is 8. The molecule has 0 radical (unpaired) electrons. The average molecular weight is 1160 g/mol. The molecule has 0 amide bonds. The van der Waals surface area contributed by atoms with Crippen LogP contribution in [-0.2, 0) is 40.5 Å². The molecular formula is C60H62N4O12S4. The number of aromatic nitrogens is 4. The number of aromatic amines is 2. The molecule has 2 aliphatic rings. The van der Waals surface area contributed by atoms with Crippen LogP contribution < -0.4 is 0 Å². The normalized spacial score (nSPS) is 13.1. The largest absolute Gasteiger partial charge is 0.354 e. The third-order valence-corrected chi connectivity index (χ3v) is 21.5. The minimum Gasteiger partial charge on any atom is -0.354 e. The van der Waals surface area contributed by atoms with Crippen molar-refractivity contribution in [3.8, 4) is 44.5 Å². The first kappa shape index (κ1) is 57.8. The van der Waals surface area contributed by atoms with Crippen molar-refractivity contribution in [2.45, 2.75) is 130 Å². The van der Waals surface area contributed by atoms with E-state index >= 15 is 0 Å². The van der Waals surface area contributed by atoms with Gasteiger partial charge < -0.3 is 9.97 Å². The molecule has 0 saturated heterocycles. The molecule has 7 aromatic rings. The molecule has 418 valence electrons. The van der Waals surface area contributed by atoms with Gasteiger partial charge >= 0.3 is 0 Å². The number of H-pyrrole nitrogens is 2. The molecule has 6 N–H and O–H groups in total. The maximum absolute atomic E-state index is 13.0. The smallest absolute Gasteiger partial charge is 0.295 e. The Morgan fingerprint density at radius 3 is 0.550 bits per heavy atom. The van der Waals surface area contributed by atoms with Crippen LogP contribution in [0.2, 0.25) is 0 Å². The second-order valence-electron chi connectivity index (χ2n) is 21.2. The summed E-state index contributed by atoms with van der Waals surface area (Å²) < 4.78 is 147. The van der Waals surface area contributed by atoms with E-state index in [-0.39, 0.29) is 19.6 Å². The molecule has 0 unspecified atom stereocenters. The third-order valence-electron chi connectivity index (χ3n) is 17.0. The highest BCUT2D eigenvalue weighted by Gasteiger charge is 2.32. The molecule has 0 spiro atoms. The standard InChI is InChI=1S/C60H62N4O12S4/c1-25-33(9)57(77(65,66)67)34(10)26(2)49(25)53-41-17-19-43(61-41)54(50-27(3)35(11)58(78(68,69)70)36(12)28(50)4)45-21-23-47(63-45)56(52-31(7)39(15)60(80(74,75)76)40(16)32(52)8)48-24-22-46(64-48)55(44-20-18-42(53)62-44)51-29(5)37(13)59(79(71,72)73)38(14)30(51)6/h17-24,61,64H,1-16H3,(H,65,66,67)(H,68,69,70)(H,71,72,73)(H,74,75,76). The van der Waals surface area contributed by atoms with Crippen molar-refractivity contribution in [3.05, 3.63) is 136 Å². The Morgan fingerprint density at radius 2 is 0.412 bits per heavy atom. The predicted octanol–water partition coefficient (Wildman–Crippen LogP) is 13.2. The van der Waals surface area contributed by atoms with Gasteiger partial charge in [0.15, 0.2) is 0 Å². The van der Waals surface area contributed by atoms with E-state index in [0.29, 0.717) is 178 Å². The molecule has 5 heterocycles. The Bertz CT molecular complexity index is 4050. The Morgan fingerprint density at radius 1 is 0.263 bits per heavy atom. The summed E-state index contributed by atoms with van der Waals surface area (Å²) in [6.45, 7) is 27.3. The maximum atomic E-state index is 13.0. The molecule has 20 heteroatoms. The monoisotopic (exact) mass is 1160 g/mol. The Hall–Kier alpha value is -6.88. The van der Waals surface area contributed by atoms with Gasteiger partial charge in [-0.1, -0.05) is 0 Å². The van der Waals surface area contributed by atoms with Gasteiger partial charge in [0.25, 0.3) is 40.5 Å². The quantitative estimate of drug-likeness (QED) is 0.0772. The van der Waals surface area contributed by atoms with Crippen LogP contribution in [0.15, 0.2) is 43.8 Å². The topological polar surface area (TPSA) is 275 Å². The van der Waals surface area contributed by atoms with Gasteiger partial charge in [0.1, 0.15) is 19.6 Å². The first-order chi connectivity index (χ1) is 36.9. The van der Waals surface area contributed by atoms with Crippen molar-refractivity contribution in [2.75, 3.05) is 0 Å². The van der Waals surface area contributed by atoms with E-state index in [4.69, 9.17) is 9.97 Å². The van der Waals surface area contributed by atoms with Crippen molar-refractivity contribution in [3.63, 3.8) is 0 Å². The van der Waals surface area contributed by atoms with Crippen LogP contribution >= 0.6 is 0 Å². The van der Waals surface area contributed by atoms with E-state index in [1.165, 1.54) is 0 Å². The molecule has 0 fully saturated rings. The average Bonchev–Trinajstić information content (AvgIpc) is 4.21. The Kier molecular flexibility index (Phi) is 14.0. The lowest BCUT2D eigenvalue weighted by atomic mass is 9.88. The van der Waals surface area contributed by atoms with Gasteiger partial charge in [-0.15, -0.1) is 0 Å². The molecule has 16 nitrogen and oxygen atoms in total. The van der Waals surface area contributed by atoms with E-state index in [0.717, 1.165) is 0 Å². The number of hydrogen-bond acceptors (Lipinski definition) is 10. The van der Waals surface area contributed by atoms with Crippen LogP contribution in [0.4, 0.5) is 0 Å². The molecule has 4 aromatic carbocycles. The summed E-state index contributed by atoms with van der Waals surface area (Å²) >= 11 is 0. The fourth-order valence-electron chi connectivity index (χ4n) is 12.4. The van der Waals surface area contributed by atoms with Crippen LogP contribution in [0, 0.1) is 111 Å². The SMILES string of the molecule is Cc1c(C)c(S(=O)(=O)O)c(C)c(C)c1-c1c2nc(c(-c3c(C)c(C)c(S(=O)(=O)O)c(C)c3C)c3ccc([nH]3)c(-c3c(C)c(C)c(S(=O)(=O)O)c(C)c3C)c3nc(c(-c4c(C)c(C)c(S(=O)(=O)O)c(C)c4C)c4ccc1[nH]4)C=C3)C=C2. The van der Waals surface area contributed by atoms with Gasteiger partial charge in [0.05, 0.1) is 22.8 Å². The number of nitrogens with zero attached hydrogens (tertiary/aromatic N) is 2. The molecule has 8 bridgehead atoms. The van der Waals surface area contributed by atoms with Crippen molar-refractivity contribution in [1.29, 1.82) is 0 Å². The Balaban J connectivity index is 1.62. The fraction of sp³-hybridized carbons (Fsp3) is 0.267. The number of nitrogens with one attached hydrogen (secondary N) is 2. The summed E-state index contributed by atoms with van der Waals surface area (Å²) in [5.41, 5.74) is 15.3. The molecule has 2 aliphatic heterocycles. The van der Waals surface area contributed by atoms with Gasteiger partial charge in [0, 0.05) is 44.3 Å². The van der Waals surface area contributed by atoms with Gasteiger partial charge in [-0.2, -0.15) is 33.7 Å². The summed E-state index contributed by atoms with van der Waals surface area (Å²) in [4.78, 5) is 17.4. The summed E-state index contributed by atoms with van der Waals surface area (Å²) in [6.07, 6.45) is 7.34. The number of benzene rings is 4. The van der Waals surface area contributed by atoms with Crippen molar-refractivity contribution in [1.82, 2.24) is 19.9 Å². The minimum absolute atomic E-state index is 0.212. The molecular weight excluding hydrogens is 1100 g/mol. The minimum atomic E-state index is -4.69. The highest BCUT2D eigenvalue weighted by molar-refractivity contribution is 7.86. The van der Waals surface area contributed by atoms with E-state index in [1.807, 2.05) is 48.6 Å². The van der Waals surface area contributed by atoms with E-state index in [1.54, 1.807) is 111 Å². The summed E-state index contributed by atoms with van der Waals surface area (Å²) in [7, 11) is -18.8. The molecule has 3 aromatic heterocycles. The fourth-order valence-corrected chi connectivity index (χ4v) is 16.7. The van der Waals surface area contributed by atoms with Crippen LogP contribution in [0.5, 0.6) is 0 Å². The maximum Gasteiger partial charge on any atom is 0.295 e. The summed E-state index contributed by atoms with van der Waals surface area (Å²) in [6, 6.07) is 7.45. The number of fused-ring (bicyclic) bond motifs is 8. The summed E-state index contributed by atoms with van der Waals surface area (Å²) in [5.74, 6) is 0.